The molecule has 2 aromatic rings. The number of hydrogen-bond donors (Lipinski definition) is 2. The quantitative estimate of drug-likeness (QED) is 0.727. The third-order valence-electron chi connectivity index (χ3n) is 5.03. The second-order valence-corrected chi connectivity index (χ2v) is 9.17. The number of ketones is 1. The van der Waals surface area contributed by atoms with Crippen LogP contribution in [0.3, 0.4) is 0 Å². The molecule has 0 spiro atoms. The Balaban J connectivity index is 1.56. The van der Waals surface area contributed by atoms with Crippen LogP contribution in [0.1, 0.15) is 36.0 Å². The van der Waals surface area contributed by atoms with Crippen LogP contribution in [0.15, 0.2) is 42.3 Å². The van der Waals surface area contributed by atoms with Crippen molar-refractivity contribution >= 4 is 38.6 Å². The second-order valence-electron chi connectivity index (χ2n) is 7.03. The van der Waals surface area contributed by atoms with Gasteiger partial charge in [-0.1, -0.05) is 36.2 Å². The lowest BCUT2D eigenvalue weighted by molar-refractivity contribution is 0.103. The second kappa shape index (κ2) is 7.79. The first kappa shape index (κ1) is 19.3. The molecule has 148 valence electrons. The highest BCUT2D eigenvalue weighted by molar-refractivity contribution is 7.87. The number of rotatable bonds is 5. The van der Waals surface area contributed by atoms with Crippen LogP contribution < -0.4 is 4.72 Å². The van der Waals surface area contributed by atoms with Gasteiger partial charge in [-0.05, 0) is 25.3 Å². The monoisotopic (exact) mass is 420 g/mol. The van der Waals surface area contributed by atoms with Crippen LogP contribution >= 0.6 is 11.6 Å². The number of aromatic nitrogens is 2. The summed E-state index contributed by atoms with van der Waals surface area (Å²) in [6, 6.07) is 1.24. The number of carbonyl (C=O) groups excluding carboxylic acids is 1. The Hall–Kier alpha value is -2.00. The zero-order valence-corrected chi connectivity index (χ0v) is 16.8. The lowest BCUT2D eigenvalue weighted by Gasteiger charge is -2.28. The highest BCUT2D eigenvalue weighted by Crippen LogP contribution is 2.25. The molecular weight excluding hydrogens is 400 g/mol. The van der Waals surface area contributed by atoms with E-state index in [4.69, 9.17) is 11.6 Å². The number of aromatic amines is 1. The van der Waals surface area contributed by atoms with Gasteiger partial charge in [0.25, 0.3) is 10.2 Å². The number of fused-ring (bicyclic) bond motifs is 1. The van der Waals surface area contributed by atoms with E-state index in [1.165, 1.54) is 10.5 Å². The van der Waals surface area contributed by atoms with E-state index in [0.29, 0.717) is 46.7 Å². The van der Waals surface area contributed by atoms with E-state index in [2.05, 4.69) is 14.7 Å². The van der Waals surface area contributed by atoms with E-state index in [0.717, 1.165) is 19.3 Å². The molecule has 0 amide bonds. The van der Waals surface area contributed by atoms with Crippen LogP contribution in [0.4, 0.5) is 0 Å². The molecule has 1 aliphatic heterocycles. The average Bonchev–Trinajstić information content (AvgIpc) is 3.11. The molecule has 1 aliphatic carbocycles. The van der Waals surface area contributed by atoms with E-state index < -0.39 is 16.3 Å². The van der Waals surface area contributed by atoms with E-state index in [1.807, 2.05) is 6.08 Å². The summed E-state index contributed by atoms with van der Waals surface area (Å²) < 4.78 is 29.4. The van der Waals surface area contributed by atoms with Gasteiger partial charge in [0.1, 0.15) is 5.65 Å². The molecular formula is C19H21ClN4O3S. The van der Waals surface area contributed by atoms with Crippen LogP contribution in [0.25, 0.3) is 11.0 Å². The predicted octanol–water partition coefficient (Wildman–Crippen LogP) is 2.97. The molecule has 1 saturated heterocycles. The van der Waals surface area contributed by atoms with Crippen LogP contribution in [0.5, 0.6) is 0 Å². The summed E-state index contributed by atoms with van der Waals surface area (Å²) in [6.45, 7) is 1.08. The first-order chi connectivity index (χ1) is 13.4. The standard InChI is InChI=1S/C19H21ClN4O3S/c20-14-10-16-17(12-22-19(16)21-11-14)18(25)13-5-4-6-15(9-13)23-28(26,27)24-7-2-1-3-8-24/h4-5,9-12,15,23H,1-3,6-8H2,(H,21,22). The molecule has 7 nitrogen and oxygen atoms in total. The maximum Gasteiger partial charge on any atom is 0.279 e. The van der Waals surface area contributed by atoms with Gasteiger partial charge in [-0.3, -0.25) is 4.79 Å². The van der Waals surface area contributed by atoms with Gasteiger partial charge in [0, 0.05) is 48.0 Å². The molecule has 2 aromatic heterocycles. The highest BCUT2D eigenvalue weighted by atomic mass is 35.5. The number of nitrogens with zero attached hydrogens (tertiary/aromatic N) is 2. The molecule has 3 heterocycles. The van der Waals surface area contributed by atoms with Crippen LogP contribution in [-0.2, 0) is 10.2 Å². The Morgan fingerprint density at radius 2 is 2.07 bits per heavy atom. The Bertz CT molecular complexity index is 1070. The van der Waals surface area contributed by atoms with Crippen molar-refractivity contribution in [1.29, 1.82) is 0 Å². The van der Waals surface area contributed by atoms with Crippen molar-refractivity contribution in [3.63, 3.8) is 0 Å². The van der Waals surface area contributed by atoms with Gasteiger partial charge >= 0.3 is 0 Å². The van der Waals surface area contributed by atoms with Gasteiger partial charge in [0.15, 0.2) is 5.78 Å². The number of allylic oxidation sites excluding steroid dienone is 2. The molecule has 28 heavy (non-hydrogen) atoms. The minimum Gasteiger partial charge on any atom is -0.345 e. The molecule has 0 radical (unpaired) electrons. The van der Waals surface area contributed by atoms with Crippen LogP contribution in [0, 0.1) is 0 Å². The van der Waals surface area contributed by atoms with Crippen molar-refractivity contribution in [2.24, 2.45) is 0 Å². The Kier molecular flexibility index (Phi) is 5.37. The largest absolute Gasteiger partial charge is 0.345 e. The number of pyridine rings is 1. The van der Waals surface area contributed by atoms with E-state index >= 15 is 0 Å². The van der Waals surface area contributed by atoms with Crippen molar-refractivity contribution in [2.45, 2.75) is 31.7 Å². The van der Waals surface area contributed by atoms with Gasteiger partial charge in [-0.15, -0.1) is 0 Å². The number of hydrogen-bond acceptors (Lipinski definition) is 4. The van der Waals surface area contributed by atoms with Gasteiger partial charge in [0.2, 0.25) is 0 Å². The first-order valence-electron chi connectivity index (χ1n) is 9.27. The van der Waals surface area contributed by atoms with Gasteiger partial charge < -0.3 is 4.98 Å². The average molecular weight is 421 g/mol. The Morgan fingerprint density at radius 3 is 2.86 bits per heavy atom. The number of halogens is 1. The van der Waals surface area contributed by atoms with Crippen LogP contribution in [-0.4, -0.2) is 47.6 Å². The summed E-state index contributed by atoms with van der Waals surface area (Å²) >= 11 is 6.01. The first-order valence-corrected chi connectivity index (χ1v) is 11.1. The van der Waals surface area contributed by atoms with Gasteiger partial charge in [-0.2, -0.15) is 17.4 Å². The lowest BCUT2D eigenvalue weighted by atomic mass is 9.96. The summed E-state index contributed by atoms with van der Waals surface area (Å²) in [7, 11) is -3.57. The molecule has 4 rings (SSSR count). The summed E-state index contributed by atoms with van der Waals surface area (Å²) in [5.41, 5.74) is 1.48. The number of piperidine rings is 1. The van der Waals surface area contributed by atoms with E-state index in [9.17, 15) is 13.2 Å². The molecule has 0 bridgehead atoms. The minimum absolute atomic E-state index is 0.201. The van der Waals surface area contributed by atoms with Crippen molar-refractivity contribution in [1.82, 2.24) is 19.0 Å². The van der Waals surface area contributed by atoms with Crippen molar-refractivity contribution < 1.29 is 13.2 Å². The SMILES string of the molecule is O=C(C1=CC(NS(=O)(=O)N2CCCCC2)CC=C1)c1c[nH]c2ncc(Cl)cc12. The molecule has 9 heteroatoms. The molecule has 2 aliphatic rings. The zero-order chi connectivity index (χ0) is 19.7. The Labute approximate surface area is 168 Å². The third-order valence-corrected chi connectivity index (χ3v) is 6.88. The summed E-state index contributed by atoms with van der Waals surface area (Å²) in [5, 5.41) is 1.09. The summed E-state index contributed by atoms with van der Waals surface area (Å²) in [5.74, 6) is -0.201. The molecule has 2 N–H and O–H groups in total. The fourth-order valence-electron chi connectivity index (χ4n) is 3.61. The Morgan fingerprint density at radius 1 is 1.29 bits per heavy atom. The summed E-state index contributed by atoms with van der Waals surface area (Å²) in [4.78, 5) is 20.1. The maximum absolute atomic E-state index is 13.0. The highest BCUT2D eigenvalue weighted by Gasteiger charge is 2.27. The predicted molar refractivity (Wildman–Crippen MR) is 109 cm³/mol. The summed E-state index contributed by atoms with van der Waals surface area (Å²) in [6.07, 6.45) is 11.7. The van der Waals surface area contributed by atoms with Gasteiger partial charge in [-0.25, -0.2) is 4.98 Å². The molecule has 1 unspecified atom stereocenters. The minimum atomic E-state index is -3.57. The molecule has 0 aromatic carbocycles. The number of nitrogens with one attached hydrogen (secondary N) is 2. The lowest BCUT2D eigenvalue weighted by Crippen LogP contribution is -2.47. The molecule has 1 fully saturated rings. The normalized spacial score (nSPS) is 21.0. The topological polar surface area (TPSA) is 95.2 Å². The number of carbonyl (C=O) groups is 1. The van der Waals surface area contributed by atoms with E-state index in [-0.39, 0.29) is 5.78 Å². The fourth-order valence-corrected chi connectivity index (χ4v) is 5.20. The van der Waals surface area contributed by atoms with Gasteiger partial charge in [0.05, 0.1) is 5.02 Å². The van der Waals surface area contributed by atoms with Crippen molar-refractivity contribution in [2.75, 3.05) is 13.1 Å². The fraction of sp³-hybridized carbons (Fsp3) is 0.368. The zero-order valence-electron chi connectivity index (χ0n) is 15.2. The van der Waals surface area contributed by atoms with Crippen LogP contribution in [0.2, 0.25) is 5.02 Å². The third kappa shape index (κ3) is 3.91. The molecule has 0 saturated carbocycles. The number of H-pyrrole nitrogens is 1. The van der Waals surface area contributed by atoms with E-state index in [1.54, 1.807) is 24.4 Å². The number of Topliss-reactive ketones (excluding diaryl/α,β-unsaturated/α-hetero) is 1. The van der Waals surface area contributed by atoms with Crippen molar-refractivity contribution in [3.8, 4) is 0 Å². The molecule has 1 atom stereocenters. The smallest absolute Gasteiger partial charge is 0.279 e. The maximum atomic E-state index is 13.0. The van der Waals surface area contributed by atoms with Crippen molar-refractivity contribution in [3.05, 3.63) is 52.8 Å².